The zero-order chi connectivity index (χ0) is 21.6. The highest BCUT2D eigenvalue weighted by Crippen LogP contribution is 2.45. The fraction of sp³-hybridized carbons (Fsp3) is 0.423. The van der Waals surface area contributed by atoms with Crippen LogP contribution in [0.25, 0.3) is 11.1 Å². The van der Waals surface area contributed by atoms with Crippen LogP contribution in [0.2, 0.25) is 0 Å². The van der Waals surface area contributed by atoms with Gasteiger partial charge in [0, 0.05) is 5.92 Å². The first-order valence-electron chi connectivity index (χ1n) is 11.0. The number of rotatable bonds is 4. The van der Waals surface area contributed by atoms with E-state index in [0.29, 0.717) is 39.1 Å². The average molecular weight is 420 g/mol. The molecule has 2 heterocycles. The van der Waals surface area contributed by atoms with Crippen LogP contribution in [-0.2, 0) is 9.47 Å². The topological polar surface area (TPSA) is 59.0 Å². The van der Waals surface area contributed by atoms with Crippen LogP contribution in [-0.4, -0.2) is 53.6 Å². The molecule has 5 rings (SSSR count). The first kappa shape index (κ1) is 20.3. The maximum atomic E-state index is 13.2. The number of fused-ring (bicyclic) bond motifs is 5. The van der Waals surface area contributed by atoms with E-state index in [0.717, 1.165) is 5.57 Å². The summed E-state index contributed by atoms with van der Waals surface area (Å²) in [4.78, 5) is 15.0. The van der Waals surface area contributed by atoms with Gasteiger partial charge in [0.25, 0.3) is 0 Å². The van der Waals surface area contributed by atoms with Crippen molar-refractivity contribution in [2.75, 3.05) is 19.8 Å². The first-order valence-corrected chi connectivity index (χ1v) is 11.0. The Labute approximate surface area is 183 Å². The van der Waals surface area contributed by atoms with Crippen molar-refractivity contribution >= 4 is 6.09 Å². The van der Waals surface area contributed by atoms with Crippen LogP contribution in [0.3, 0.4) is 0 Å². The summed E-state index contributed by atoms with van der Waals surface area (Å²) >= 11 is 0. The van der Waals surface area contributed by atoms with Gasteiger partial charge in [-0.15, -0.1) is 6.58 Å². The second-order valence-corrected chi connectivity index (χ2v) is 9.32. The Morgan fingerprint density at radius 2 is 1.65 bits per heavy atom. The van der Waals surface area contributed by atoms with E-state index in [1.165, 1.54) is 22.3 Å². The van der Waals surface area contributed by atoms with Crippen molar-refractivity contribution in [3.63, 3.8) is 0 Å². The number of nitrogens with zero attached hydrogens (tertiary/aromatic N) is 1. The molecule has 5 heteroatoms. The van der Waals surface area contributed by atoms with Crippen molar-refractivity contribution in [1.82, 2.24) is 4.90 Å². The van der Waals surface area contributed by atoms with Gasteiger partial charge in [-0.05, 0) is 48.4 Å². The quantitative estimate of drug-likeness (QED) is 0.742. The van der Waals surface area contributed by atoms with Crippen molar-refractivity contribution in [2.24, 2.45) is 0 Å². The number of carbonyl (C=O) groups is 1. The number of morpholine rings is 1. The molecule has 2 unspecified atom stereocenters. The van der Waals surface area contributed by atoms with Gasteiger partial charge in [-0.1, -0.05) is 54.1 Å². The molecule has 2 saturated heterocycles. The number of ether oxygens (including phenoxy) is 2. The number of benzene rings is 2. The third-order valence-corrected chi connectivity index (χ3v) is 6.82. The molecular weight excluding hydrogens is 390 g/mol. The standard InChI is InChI=1S/C26H29NO4/c1-17(2)11-26(29)12-18-14-30-15-19(13-26)27(18)25(28)31-16-24-22-9-5-3-7-20(22)21-8-4-6-10-23(21)24/h3-10,18-19,24,29H,1,11-16H2,2H3. The molecule has 0 aromatic heterocycles. The Kier molecular flexibility index (Phi) is 5.11. The molecule has 2 atom stereocenters. The third kappa shape index (κ3) is 3.66. The predicted molar refractivity (Wildman–Crippen MR) is 119 cm³/mol. The van der Waals surface area contributed by atoms with Crippen LogP contribution >= 0.6 is 0 Å². The predicted octanol–water partition coefficient (Wildman–Crippen LogP) is 4.50. The van der Waals surface area contributed by atoms with E-state index in [1.807, 2.05) is 36.1 Å². The van der Waals surface area contributed by atoms with E-state index >= 15 is 0 Å². The second-order valence-electron chi connectivity index (χ2n) is 9.32. The number of hydrogen-bond donors (Lipinski definition) is 1. The molecule has 0 spiro atoms. The SMILES string of the molecule is C=C(C)CC1(O)CC2COCC(C1)N2C(=O)OCC1c2ccccc2-c2ccccc21. The highest BCUT2D eigenvalue weighted by Gasteiger charge is 2.48. The number of carbonyl (C=O) groups excluding carboxylic acids is 1. The number of piperidine rings is 1. The Morgan fingerprint density at radius 3 is 2.19 bits per heavy atom. The molecule has 1 amide bonds. The van der Waals surface area contributed by atoms with Gasteiger partial charge in [0.05, 0.1) is 30.9 Å². The smallest absolute Gasteiger partial charge is 0.410 e. The van der Waals surface area contributed by atoms with E-state index in [4.69, 9.17) is 9.47 Å². The van der Waals surface area contributed by atoms with Crippen LogP contribution in [0.1, 0.15) is 43.2 Å². The third-order valence-electron chi connectivity index (χ3n) is 6.82. The molecule has 1 N–H and O–H groups in total. The van der Waals surface area contributed by atoms with Crippen LogP contribution in [0.15, 0.2) is 60.7 Å². The molecule has 162 valence electrons. The normalized spacial score (nSPS) is 26.8. The summed E-state index contributed by atoms with van der Waals surface area (Å²) in [6, 6.07) is 16.3. The summed E-state index contributed by atoms with van der Waals surface area (Å²) in [5, 5.41) is 11.1. The average Bonchev–Trinajstić information content (AvgIpc) is 3.04. The van der Waals surface area contributed by atoms with Gasteiger partial charge in [-0.25, -0.2) is 4.79 Å². The number of amides is 1. The molecule has 2 aromatic rings. The van der Waals surface area contributed by atoms with E-state index in [2.05, 4.69) is 30.8 Å². The second kappa shape index (κ2) is 7.81. The summed E-state index contributed by atoms with van der Waals surface area (Å²) in [6.07, 6.45) is 1.22. The van der Waals surface area contributed by atoms with Crippen molar-refractivity contribution in [3.05, 3.63) is 71.8 Å². The monoisotopic (exact) mass is 419 g/mol. The molecule has 0 radical (unpaired) electrons. The van der Waals surface area contributed by atoms with Gasteiger partial charge in [0.15, 0.2) is 0 Å². The summed E-state index contributed by atoms with van der Waals surface area (Å²) in [7, 11) is 0. The van der Waals surface area contributed by atoms with Crippen molar-refractivity contribution in [3.8, 4) is 11.1 Å². The first-order chi connectivity index (χ1) is 15.0. The van der Waals surface area contributed by atoms with Crippen LogP contribution < -0.4 is 0 Å². The molecule has 2 fully saturated rings. The Bertz CT molecular complexity index is 956. The maximum Gasteiger partial charge on any atom is 0.410 e. The minimum atomic E-state index is -0.828. The van der Waals surface area contributed by atoms with E-state index in [9.17, 15) is 9.90 Å². The zero-order valence-corrected chi connectivity index (χ0v) is 17.9. The maximum absolute atomic E-state index is 13.2. The molecule has 2 aromatic carbocycles. The Morgan fingerprint density at radius 1 is 1.10 bits per heavy atom. The molecule has 2 bridgehead atoms. The lowest BCUT2D eigenvalue weighted by atomic mass is 9.78. The van der Waals surface area contributed by atoms with Gasteiger partial charge in [-0.2, -0.15) is 0 Å². The lowest BCUT2D eigenvalue weighted by molar-refractivity contribution is -0.132. The van der Waals surface area contributed by atoms with E-state index in [-0.39, 0.29) is 24.1 Å². The molecular formula is C26H29NO4. The van der Waals surface area contributed by atoms with E-state index in [1.54, 1.807) is 0 Å². The molecule has 3 aliphatic rings. The van der Waals surface area contributed by atoms with Crippen LogP contribution in [0.4, 0.5) is 4.79 Å². The van der Waals surface area contributed by atoms with Gasteiger partial charge in [-0.3, -0.25) is 4.90 Å². The lowest BCUT2D eigenvalue weighted by Gasteiger charge is -2.51. The molecule has 5 nitrogen and oxygen atoms in total. The molecule has 0 saturated carbocycles. The summed E-state index contributed by atoms with van der Waals surface area (Å²) in [5.41, 5.74) is 4.96. The number of aliphatic hydroxyl groups is 1. The fourth-order valence-corrected chi connectivity index (χ4v) is 5.75. The highest BCUT2D eigenvalue weighted by molar-refractivity contribution is 5.79. The summed E-state index contributed by atoms with van der Waals surface area (Å²) < 4.78 is 11.6. The minimum absolute atomic E-state index is 0.0394. The van der Waals surface area contributed by atoms with Gasteiger partial charge in [0.2, 0.25) is 0 Å². The fourth-order valence-electron chi connectivity index (χ4n) is 5.75. The van der Waals surface area contributed by atoms with Gasteiger partial charge in [0.1, 0.15) is 6.61 Å². The summed E-state index contributed by atoms with van der Waals surface area (Å²) in [5.74, 6) is 0.0394. The minimum Gasteiger partial charge on any atom is -0.448 e. The van der Waals surface area contributed by atoms with Crippen molar-refractivity contribution in [2.45, 2.75) is 49.8 Å². The Hall–Kier alpha value is -2.63. The lowest BCUT2D eigenvalue weighted by Crippen LogP contribution is -2.63. The van der Waals surface area contributed by atoms with Crippen molar-refractivity contribution in [1.29, 1.82) is 0 Å². The zero-order valence-electron chi connectivity index (χ0n) is 17.9. The number of hydrogen-bond acceptors (Lipinski definition) is 4. The van der Waals surface area contributed by atoms with Crippen molar-refractivity contribution < 1.29 is 19.4 Å². The van der Waals surface area contributed by atoms with Crippen LogP contribution in [0, 0.1) is 0 Å². The molecule has 31 heavy (non-hydrogen) atoms. The largest absolute Gasteiger partial charge is 0.448 e. The molecule has 1 aliphatic carbocycles. The van der Waals surface area contributed by atoms with Gasteiger partial charge >= 0.3 is 6.09 Å². The summed E-state index contributed by atoms with van der Waals surface area (Å²) in [6.45, 7) is 7.05. The van der Waals surface area contributed by atoms with Gasteiger partial charge < -0.3 is 14.6 Å². The highest BCUT2D eigenvalue weighted by atomic mass is 16.6. The van der Waals surface area contributed by atoms with E-state index < -0.39 is 5.60 Å². The Balaban J connectivity index is 1.32. The van der Waals surface area contributed by atoms with Crippen LogP contribution in [0.5, 0.6) is 0 Å². The molecule has 2 aliphatic heterocycles.